The maximum Gasteiger partial charge on any atom is 0.335 e. The molecule has 26 heavy (non-hydrogen) atoms. The maximum absolute atomic E-state index is 14.1. The average Bonchev–Trinajstić information content (AvgIpc) is 3.11. The Morgan fingerprint density at radius 1 is 1.19 bits per heavy atom. The average molecular weight is 357 g/mol. The monoisotopic (exact) mass is 357 g/mol. The molecule has 2 aromatic carbocycles. The van der Waals surface area contributed by atoms with Crippen LogP contribution >= 0.6 is 0 Å². The predicted molar refractivity (Wildman–Crippen MR) is 93.5 cm³/mol. The van der Waals surface area contributed by atoms with Gasteiger partial charge in [0.15, 0.2) is 0 Å². The smallest absolute Gasteiger partial charge is 0.335 e. The van der Waals surface area contributed by atoms with Crippen LogP contribution in [0.15, 0.2) is 48.5 Å². The van der Waals surface area contributed by atoms with Crippen LogP contribution in [-0.4, -0.2) is 41.6 Å². The zero-order chi connectivity index (χ0) is 18.5. The van der Waals surface area contributed by atoms with E-state index in [1.54, 1.807) is 4.90 Å². The Morgan fingerprint density at radius 2 is 1.96 bits per heavy atom. The normalized spacial score (nSPS) is 16.7. The summed E-state index contributed by atoms with van der Waals surface area (Å²) in [5.41, 5.74) is 0.826. The highest BCUT2D eigenvalue weighted by Crippen LogP contribution is 2.21. The summed E-state index contributed by atoms with van der Waals surface area (Å²) in [6.07, 6.45) is 0.801. The van der Waals surface area contributed by atoms with Gasteiger partial charge in [-0.05, 0) is 30.2 Å². The number of halogens is 1. The number of hydrogen-bond acceptors (Lipinski definition) is 3. The standard InChI is InChI=1S/C20H20FNO4/c21-18-10-16(20(24)25)6-7-17(18)19(23)22-9-8-15(11-22)13-26-12-14-4-2-1-3-5-14/h1-7,10,15H,8-9,11-13H2,(H,24,25). The molecular weight excluding hydrogens is 337 g/mol. The number of benzene rings is 2. The second kappa shape index (κ2) is 8.10. The second-order valence-electron chi connectivity index (χ2n) is 6.41. The molecule has 1 atom stereocenters. The fourth-order valence-corrected chi connectivity index (χ4v) is 3.06. The minimum Gasteiger partial charge on any atom is -0.478 e. The molecule has 1 heterocycles. The van der Waals surface area contributed by atoms with Gasteiger partial charge in [0.05, 0.1) is 24.3 Å². The molecular formula is C20H20FNO4. The largest absolute Gasteiger partial charge is 0.478 e. The van der Waals surface area contributed by atoms with Crippen LogP contribution in [0.3, 0.4) is 0 Å². The molecule has 0 bridgehead atoms. The molecule has 1 fully saturated rings. The molecule has 1 aliphatic rings. The summed E-state index contributed by atoms with van der Waals surface area (Å²) >= 11 is 0. The molecule has 5 nitrogen and oxygen atoms in total. The minimum absolute atomic E-state index is 0.0964. The molecule has 1 amide bonds. The van der Waals surface area contributed by atoms with Crippen LogP contribution in [0.1, 0.15) is 32.7 Å². The van der Waals surface area contributed by atoms with Crippen molar-refractivity contribution in [2.24, 2.45) is 5.92 Å². The first-order chi connectivity index (χ1) is 12.5. The first kappa shape index (κ1) is 18.1. The highest BCUT2D eigenvalue weighted by Gasteiger charge is 2.28. The van der Waals surface area contributed by atoms with Gasteiger partial charge in [-0.15, -0.1) is 0 Å². The topological polar surface area (TPSA) is 66.8 Å². The number of hydrogen-bond donors (Lipinski definition) is 1. The van der Waals surface area contributed by atoms with Crippen LogP contribution in [0.5, 0.6) is 0 Å². The predicted octanol–water partition coefficient (Wildman–Crippen LogP) is 3.20. The van der Waals surface area contributed by atoms with E-state index in [-0.39, 0.29) is 17.0 Å². The van der Waals surface area contributed by atoms with Gasteiger partial charge in [0, 0.05) is 19.0 Å². The van der Waals surface area contributed by atoms with Crippen molar-refractivity contribution in [1.29, 1.82) is 0 Å². The first-order valence-electron chi connectivity index (χ1n) is 8.48. The van der Waals surface area contributed by atoms with E-state index in [0.717, 1.165) is 18.1 Å². The molecule has 1 N–H and O–H groups in total. The number of carbonyl (C=O) groups excluding carboxylic acids is 1. The molecule has 2 aromatic rings. The van der Waals surface area contributed by atoms with Gasteiger partial charge in [0.1, 0.15) is 5.82 Å². The lowest BCUT2D eigenvalue weighted by molar-refractivity contribution is 0.0691. The summed E-state index contributed by atoms with van der Waals surface area (Å²) in [6.45, 7) is 2.11. The van der Waals surface area contributed by atoms with Crippen molar-refractivity contribution >= 4 is 11.9 Å². The number of aromatic carboxylic acids is 1. The lowest BCUT2D eigenvalue weighted by atomic mass is 10.1. The summed E-state index contributed by atoms with van der Waals surface area (Å²) in [4.78, 5) is 24.9. The third kappa shape index (κ3) is 4.26. The zero-order valence-corrected chi connectivity index (χ0v) is 14.2. The minimum atomic E-state index is -1.22. The van der Waals surface area contributed by atoms with Gasteiger partial charge < -0.3 is 14.7 Å². The lowest BCUT2D eigenvalue weighted by Gasteiger charge is -2.17. The third-order valence-electron chi connectivity index (χ3n) is 4.48. The summed E-state index contributed by atoms with van der Waals surface area (Å²) in [6, 6.07) is 13.2. The van der Waals surface area contributed by atoms with E-state index in [9.17, 15) is 14.0 Å². The molecule has 1 unspecified atom stereocenters. The Bertz CT molecular complexity index is 794. The molecule has 3 rings (SSSR count). The van der Waals surface area contributed by atoms with Crippen LogP contribution in [0.25, 0.3) is 0 Å². The van der Waals surface area contributed by atoms with Crippen LogP contribution in [0.4, 0.5) is 4.39 Å². The van der Waals surface area contributed by atoms with Crippen molar-refractivity contribution in [3.63, 3.8) is 0 Å². The van der Waals surface area contributed by atoms with Crippen molar-refractivity contribution in [2.45, 2.75) is 13.0 Å². The van der Waals surface area contributed by atoms with Gasteiger partial charge >= 0.3 is 5.97 Å². The van der Waals surface area contributed by atoms with E-state index in [2.05, 4.69) is 0 Å². The maximum atomic E-state index is 14.1. The van der Waals surface area contributed by atoms with Crippen molar-refractivity contribution in [3.8, 4) is 0 Å². The zero-order valence-electron chi connectivity index (χ0n) is 14.2. The highest BCUT2D eigenvalue weighted by molar-refractivity contribution is 5.96. The van der Waals surface area contributed by atoms with Crippen LogP contribution in [0, 0.1) is 11.7 Å². The van der Waals surface area contributed by atoms with E-state index >= 15 is 0 Å². The second-order valence-corrected chi connectivity index (χ2v) is 6.41. The van der Waals surface area contributed by atoms with E-state index < -0.39 is 17.7 Å². The van der Waals surface area contributed by atoms with E-state index in [0.29, 0.717) is 26.3 Å². The van der Waals surface area contributed by atoms with Gasteiger partial charge in [-0.25, -0.2) is 9.18 Å². The van der Waals surface area contributed by atoms with Crippen molar-refractivity contribution < 1.29 is 23.8 Å². The Labute approximate surface area is 151 Å². The molecule has 0 aromatic heterocycles. The quantitative estimate of drug-likeness (QED) is 0.862. The van der Waals surface area contributed by atoms with E-state index in [1.165, 1.54) is 12.1 Å². The lowest BCUT2D eigenvalue weighted by Crippen LogP contribution is -2.30. The summed E-state index contributed by atoms with van der Waals surface area (Å²) in [5, 5.41) is 8.87. The Kier molecular flexibility index (Phi) is 5.63. The fraction of sp³-hybridized carbons (Fsp3) is 0.300. The number of nitrogens with zero attached hydrogens (tertiary/aromatic N) is 1. The number of carboxylic acids is 1. The molecule has 0 saturated carbocycles. The molecule has 0 spiro atoms. The van der Waals surface area contributed by atoms with Crippen molar-refractivity contribution in [3.05, 3.63) is 71.0 Å². The molecule has 136 valence electrons. The van der Waals surface area contributed by atoms with Crippen LogP contribution in [0.2, 0.25) is 0 Å². The number of rotatable bonds is 6. The van der Waals surface area contributed by atoms with Gasteiger partial charge in [-0.2, -0.15) is 0 Å². The number of carbonyl (C=O) groups is 2. The molecule has 6 heteroatoms. The highest BCUT2D eigenvalue weighted by atomic mass is 19.1. The number of carboxylic acid groups (broad SMARTS) is 1. The number of ether oxygens (including phenoxy) is 1. The number of likely N-dealkylation sites (tertiary alicyclic amines) is 1. The Hall–Kier alpha value is -2.73. The summed E-state index contributed by atoms with van der Waals surface area (Å²) in [5.74, 6) is -2.23. The molecule has 1 aliphatic heterocycles. The van der Waals surface area contributed by atoms with Gasteiger partial charge in [0.2, 0.25) is 0 Å². The molecule has 0 aliphatic carbocycles. The van der Waals surface area contributed by atoms with Crippen molar-refractivity contribution in [2.75, 3.05) is 19.7 Å². The van der Waals surface area contributed by atoms with Gasteiger partial charge in [0.25, 0.3) is 5.91 Å². The van der Waals surface area contributed by atoms with Gasteiger partial charge in [-0.1, -0.05) is 30.3 Å². The molecule has 0 radical (unpaired) electrons. The van der Waals surface area contributed by atoms with Crippen LogP contribution in [-0.2, 0) is 11.3 Å². The Morgan fingerprint density at radius 3 is 2.65 bits per heavy atom. The first-order valence-corrected chi connectivity index (χ1v) is 8.48. The fourth-order valence-electron chi connectivity index (χ4n) is 3.06. The van der Waals surface area contributed by atoms with Crippen molar-refractivity contribution in [1.82, 2.24) is 4.90 Å². The SMILES string of the molecule is O=C(O)c1ccc(C(=O)N2CCC(COCc3ccccc3)C2)c(F)c1. The number of amides is 1. The molecule has 1 saturated heterocycles. The van der Waals surface area contributed by atoms with Gasteiger partial charge in [-0.3, -0.25) is 4.79 Å². The summed E-state index contributed by atoms with van der Waals surface area (Å²) < 4.78 is 19.8. The Balaban J connectivity index is 1.53. The van der Waals surface area contributed by atoms with Crippen LogP contribution < -0.4 is 0 Å². The third-order valence-corrected chi connectivity index (χ3v) is 4.48. The van der Waals surface area contributed by atoms with E-state index in [1.807, 2.05) is 30.3 Å². The summed E-state index contributed by atoms with van der Waals surface area (Å²) in [7, 11) is 0. The van der Waals surface area contributed by atoms with E-state index in [4.69, 9.17) is 9.84 Å².